The number of carbonyl (C=O) groups is 1. The zero-order valence-electron chi connectivity index (χ0n) is 20.8. The van der Waals surface area contributed by atoms with E-state index in [1.165, 1.54) is 0 Å². The third kappa shape index (κ3) is 4.58. The van der Waals surface area contributed by atoms with Gasteiger partial charge in [0.15, 0.2) is 0 Å². The number of hydrogen-bond acceptors (Lipinski definition) is 5. The summed E-state index contributed by atoms with van der Waals surface area (Å²) >= 11 is 0. The Kier molecular flexibility index (Phi) is 6.37. The minimum Gasteiger partial charge on any atom is -0.496 e. The molecule has 1 fully saturated rings. The number of aromatic nitrogens is 2. The maximum atomic E-state index is 13.8. The first kappa shape index (κ1) is 23.3. The quantitative estimate of drug-likeness (QED) is 0.375. The van der Waals surface area contributed by atoms with E-state index >= 15 is 0 Å². The molecule has 7 heteroatoms. The third-order valence-corrected chi connectivity index (χ3v) is 7.08. The number of para-hydroxylation sites is 2. The Labute approximate surface area is 216 Å². The topological polar surface area (TPSA) is 68.6 Å². The number of anilines is 1. The lowest BCUT2D eigenvalue weighted by molar-refractivity contribution is 0.0427. The number of nitrogens with zero attached hydrogens (tertiary/aromatic N) is 3. The minimum absolute atomic E-state index is 0.00311. The fraction of sp³-hybridized carbons (Fsp3) is 0.267. The molecule has 188 valence electrons. The summed E-state index contributed by atoms with van der Waals surface area (Å²) in [6.45, 7) is 1.87. The van der Waals surface area contributed by atoms with Crippen molar-refractivity contribution in [1.29, 1.82) is 0 Å². The van der Waals surface area contributed by atoms with E-state index in [-0.39, 0.29) is 12.0 Å². The summed E-state index contributed by atoms with van der Waals surface area (Å²) in [4.78, 5) is 15.7. The van der Waals surface area contributed by atoms with Gasteiger partial charge in [0.1, 0.15) is 17.6 Å². The van der Waals surface area contributed by atoms with Crippen LogP contribution in [0.5, 0.6) is 5.75 Å². The molecule has 0 spiro atoms. The molecule has 37 heavy (non-hydrogen) atoms. The van der Waals surface area contributed by atoms with Crippen molar-refractivity contribution in [2.75, 3.05) is 25.6 Å². The zero-order chi connectivity index (χ0) is 25.2. The van der Waals surface area contributed by atoms with Gasteiger partial charge in [-0.05, 0) is 42.7 Å². The van der Waals surface area contributed by atoms with Crippen LogP contribution in [0.15, 0.2) is 85.1 Å². The van der Waals surface area contributed by atoms with Gasteiger partial charge in [0.2, 0.25) is 0 Å². The SMILES string of the molecule is COc1ccccc1-c1nn(Cc2ccccc2)cc1[C@H]1Nc2ccccc2C(=O)N1C[C@@H]1CCCO1. The van der Waals surface area contributed by atoms with Gasteiger partial charge in [0.05, 0.1) is 25.3 Å². The molecule has 1 saturated heterocycles. The second-order valence-corrected chi connectivity index (χ2v) is 9.50. The number of nitrogens with one attached hydrogen (secondary N) is 1. The lowest BCUT2D eigenvalue weighted by atomic mass is 10.00. The maximum Gasteiger partial charge on any atom is 0.257 e. The van der Waals surface area contributed by atoms with Gasteiger partial charge in [-0.15, -0.1) is 0 Å². The Morgan fingerprint density at radius 3 is 2.54 bits per heavy atom. The van der Waals surface area contributed by atoms with Crippen molar-refractivity contribution in [2.45, 2.75) is 31.7 Å². The summed E-state index contributed by atoms with van der Waals surface area (Å²) in [6, 6.07) is 25.8. The molecule has 4 aromatic rings. The number of amides is 1. The summed E-state index contributed by atoms with van der Waals surface area (Å²) in [5.41, 5.74) is 5.24. The molecule has 0 aliphatic carbocycles. The molecule has 1 amide bonds. The van der Waals surface area contributed by atoms with E-state index in [9.17, 15) is 4.79 Å². The first-order valence-corrected chi connectivity index (χ1v) is 12.7. The van der Waals surface area contributed by atoms with Crippen molar-refractivity contribution in [1.82, 2.24) is 14.7 Å². The molecule has 0 unspecified atom stereocenters. The highest BCUT2D eigenvalue weighted by Crippen LogP contribution is 2.40. The van der Waals surface area contributed by atoms with Crippen LogP contribution < -0.4 is 10.1 Å². The Balaban J connectivity index is 1.47. The van der Waals surface area contributed by atoms with Gasteiger partial charge in [0, 0.05) is 36.2 Å². The molecule has 3 aromatic carbocycles. The van der Waals surface area contributed by atoms with Gasteiger partial charge in [-0.25, -0.2) is 0 Å². The molecule has 7 nitrogen and oxygen atoms in total. The Morgan fingerprint density at radius 2 is 1.76 bits per heavy atom. The number of carbonyl (C=O) groups excluding carboxylic acids is 1. The number of methoxy groups -OCH3 is 1. The number of fused-ring (bicyclic) bond motifs is 1. The monoisotopic (exact) mass is 494 g/mol. The predicted molar refractivity (Wildman–Crippen MR) is 143 cm³/mol. The average Bonchev–Trinajstić information content (AvgIpc) is 3.61. The Bertz CT molecular complexity index is 1390. The molecular formula is C30H30N4O3. The Hall–Kier alpha value is -4.10. The van der Waals surface area contributed by atoms with Crippen LogP contribution in [0.4, 0.5) is 5.69 Å². The highest BCUT2D eigenvalue weighted by molar-refractivity contribution is 6.02. The summed E-state index contributed by atoms with van der Waals surface area (Å²) in [7, 11) is 1.67. The van der Waals surface area contributed by atoms with Crippen LogP contribution in [0.2, 0.25) is 0 Å². The van der Waals surface area contributed by atoms with E-state index in [2.05, 4.69) is 23.6 Å². The van der Waals surface area contributed by atoms with Crippen molar-refractivity contribution in [2.24, 2.45) is 0 Å². The normalized spacial score (nSPS) is 18.9. The molecule has 0 bridgehead atoms. The van der Waals surface area contributed by atoms with Gasteiger partial charge in [-0.2, -0.15) is 5.10 Å². The molecule has 1 aromatic heterocycles. The molecule has 2 aliphatic rings. The Morgan fingerprint density at radius 1 is 1.00 bits per heavy atom. The van der Waals surface area contributed by atoms with Gasteiger partial charge < -0.3 is 19.7 Å². The zero-order valence-corrected chi connectivity index (χ0v) is 20.8. The lowest BCUT2D eigenvalue weighted by Crippen LogP contribution is -2.46. The lowest BCUT2D eigenvalue weighted by Gasteiger charge is -2.39. The van der Waals surface area contributed by atoms with E-state index in [0.717, 1.165) is 53.3 Å². The fourth-order valence-electron chi connectivity index (χ4n) is 5.27. The largest absolute Gasteiger partial charge is 0.496 e. The first-order valence-electron chi connectivity index (χ1n) is 12.7. The highest BCUT2D eigenvalue weighted by Gasteiger charge is 2.37. The van der Waals surface area contributed by atoms with Crippen LogP contribution in [0.3, 0.4) is 0 Å². The number of ether oxygens (including phenoxy) is 2. The van der Waals surface area contributed by atoms with Crippen molar-refractivity contribution in [3.05, 3.63) is 102 Å². The van der Waals surface area contributed by atoms with Crippen LogP contribution in [-0.2, 0) is 11.3 Å². The van der Waals surface area contributed by atoms with Crippen molar-refractivity contribution in [3.63, 3.8) is 0 Å². The van der Waals surface area contributed by atoms with Crippen LogP contribution in [0.1, 0.15) is 40.5 Å². The fourth-order valence-corrected chi connectivity index (χ4v) is 5.27. The van der Waals surface area contributed by atoms with E-state index in [0.29, 0.717) is 18.7 Å². The molecule has 2 aliphatic heterocycles. The standard InChI is InChI=1S/C30H30N4O3/c1-36-27-16-8-6-14-24(27)28-25(20-33(32-28)18-21-10-3-2-4-11-21)29-31-26-15-7-5-13-23(26)30(35)34(29)19-22-12-9-17-37-22/h2-8,10-11,13-16,20,22,29,31H,9,12,17-19H2,1H3/t22-,29-/m0/s1. The van der Waals surface area contributed by atoms with Gasteiger partial charge >= 0.3 is 0 Å². The van der Waals surface area contributed by atoms with Crippen LogP contribution >= 0.6 is 0 Å². The molecule has 3 heterocycles. The van der Waals surface area contributed by atoms with Crippen LogP contribution in [0, 0.1) is 0 Å². The summed E-state index contributed by atoms with van der Waals surface area (Å²) in [5, 5.41) is 8.68. The van der Waals surface area contributed by atoms with Crippen molar-refractivity contribution >= 4 is 11.6 Å². The molecule has 2 atom stereocenters. The first-order chi connectivity index (χ1) is 18.2. The van der Waals surface area contributed by atoms with E-state index < -0.39 is 6.17 Å². The summed E-state index contributed by atoms with van der Waals surface area (Å²) in [6.07, 6.45) is 3.63. The molecule has 0 radical (unpaired) electrons. The van der Waals surface area contributed by atoms with Crippen LogP contribution in [0.25, 0.3) is 11.3 Å². The van der Waals surface area contributed by atoms with E-state index in [1.54, 1.807) is 7.11 Å². The summed E-state index contributed by atoms with van der Waals surface area (Å²) < 4.78 is 13.6. The summed E-state index contributed by atoms with van der Waals surface area (Å²) in [5.74, 6) is 0.735. The second-order valence-electron chi connectivity index (χ2n) is 9.50. The van der Waals surface area contributed by atoms with Crippen molar-refractivity contribution < 1.29 is 14.3 Å². The molecule has 1 N–H and O–H groups in total. The maximum absolute atomic E-state index is 13.8. The molecule has 0 saturated carbocycles. The predicted octanol–water partition coefficient (Wildman–Crippen LogP) is 5.35. The average molecular weight is 495 g/mol. The van der Waals surface area contributed by atoms with Gasteiger partial charge in [-0.1, -0.05) is 54.6 Å². The van der Waals surface area contributed by atoms with E-state index in [4.69, 9.17) is 14.6 Å². The number of benzene rings is 3. The molecule has 6 rings (SSSR count). The second kappa shape index (κ2) is 10.1. The number of hydrogen-bond donors (Lipinski definition) is 1. The molecular weight excluding hydrogens is 464 g/mol. The third-order valence-electron chi connectivity index (χ3n) is 7.08. The van der Waals surface area contributed by atoms with Gasteiger partial charge in [-0.3, -0.25) is 9.48 Å². The van der Waals surface area contributed by atoms with Gasteiger partial charge in [0.25, 0.3) is 5.91 Å². The highest BCUT2D eigenvalue weighted by atomic mass is 16.5. The van der Waals surface area contributed by atoms with Crippen LogP contribution in [-0.4, -0.2) is 47.0 Å². The minimum atomic E-state index is -0.406. The smallest absolute Gasteiger partial charge is 0.257 e. The van der Waals surface area contributed by atoms with E-state index in [1.807, 2.05) is 76.3 Å². The number of rotatable bonds is 7. The van der Waals surface area contributed by atoms with Crippen molar-refractivity contribution in [3.8, 4) is 17.0 Å².